The first-order chi connectivity index (χ1) is 8.28. The van der Waals surface area contributed by atoms with Crippen LogP contribution in [0.4, 0.5) is 11.6 Å². The first-order valence-corrected chi connectivity index (χ1v) is 6.60. The van der Waals surface area contributed by atoms with E-state index in [-0.39, 0.29) is 6.61 Å². The Labute approximate surface area is 109 Å². The smallest absolute Gasteiger partial charge is 0.200 e. The number of rotatable bonds is 6. The first kappa shape index (κ1) is 12.6. The van der Waals surface area contributed by atoms with E-state index in [0.29, 0.717) is 17.1 Å². The molecule has 6 nitrogen and oxygen atoms in total. The summed E-state index contributed by atoms with van der Waals surface area (Å²) in [7, 11) is 0. The molecule has 94 valence electrons. The van der Waals surface area contributed by atoms with Crippen molar-refractivity contribution in [2.75, 3.05) is 36.3 Å². The molecule has 1 aromatic heterocycles. The van der Waals surface area contributed by atoms with Gasteiger partial charge in [0.05, 0.1) is 6.61 Å². The fraction of sp³-hybridized carbons (Fsp3) is 0.556. The van der Waals surface area contributed by atoms with Gasteiger partial charge in [0.2, 0.25) is 0 Å². The van der Waals surface area contributed by atoms with Gasteiger partial charge >= 0.3 is 0 Å². The lowest BCUT2D eigenvalue weighted by Gasteiger charge is -2.28. The van der Waals surface area contributed by atoms with E-state index in [4.69, 9.17) is 17.3 Å². The van der Waals surface area contributed by atoms with Gasteiger partial charge in [-0.25, -0.2) is 9.29 Å². The van der Waals surface area contributed by atoms with Gasteiger partial charge in [-0.15, -0.1) is 0 Å². The largest absolute Gasteiger partial charge is 0.395 e. The summed E-state index contributed by atoms with van der Waals surface area (Å²) in [6, 6.07) is 1.83. The fourth-order valence-electron chi connectivity index (χ4n) is 1.28. The van der Waals surface area contributed by atoms with Crippen molar-refractivity contribution in [2.24, 2.45) is 0 Å². The van der Waals surface area contributed by atoms with Crippen LogP contribution in [0.25, 0.3) is 0 Å². The highest BCUT2D eigenvalue weighted by Crippen LogP contribution is 2.20. The second-order valence-electron chi connectivity index (χ2n) is 3.61. The minimum atomic E-state index is 0.0678. The minimum Gasteiger partial charge on any atom is -0.395 e. The van der Waals surface area contributed by atoms with Crippen molar-refractivity contribution in [3.63, 3.8) is 0 Å². The normalized spacial score (nSPS) is 15.4. The quantitative estimate of drug-likeness (QED) is 0.459. The molecule has 2 rings (SSSR count). The van der Waals surface area contributed by atoms with Crippen molar-refractivity contribution in [3.05, 3.63) is 10.8 Å². The number of aliphatic hydroxyl groups excluding tert-OH is 1. The van der Waals surface area contributed by atoms with Gasteiger partial charge in [0.1, 0.15) is 11.6 Å². The molecule has 1 aliphatic rings. The van der Waals surface area contributed by atoms with E-state index in [1.165, 1.54) is 6.42 Å². The van der Waals surface area contributed by atoms with Crippen LogP contribution < -0.4 is 10.0 Å². The summed E-state index contributed by atoms with van der Waals surface area (Å²) in [6.07, 6.45) is 1.25. The molecule has 1 aliphatic heterocycles. The van der Waals surface area contributed by atoms with Crippen LogP contribution in [0.1, 0.15) is 6.42 Å². The Bertz CT molecular complexity index is 420. The maximum Gasteiger partial charge on any atom is 0.200 e. The lowest BCUT2D eigenvalue weighted by atomic mass is 10.3. The maximum atomic E-state index is 8.73. The molecule has 8 heteroatoms. The second-order valence-corrected chi connectivity index (χ2v) is 4.90. The van der Waals surface area contributed by atoms with Crippen LogP contribution in [0.15, 0.2) is 6.07 Å². The molecular formula is C9H15N5OS2. The van der Waals surface area contributed by atoms with Crippen LogP contribution in [0.2, 0.25) is 0 Å². The molecule has 0 spiro atoms. The number of aromatic amines is 1. The van der Waals surface area contributed by atoms with Crippen molar-refractivity contribution >= 4 is 36.0 Å². The molecule has 0 saturated carbocycles. The zero-order valence-corrected chi connectivity index (χ0v) is 10.9. The number of hydrogen-bond acceptors (Lipinski definition) is 7. The average molecular weight is 273 g/mol. The molecule has 1 saturated heterocycles. The third kappa shape index (κ3) is 3.84. The number of H-pyrrole nitrogens is 1. The molecule has 1 fully saturated rings. The van der Waals surface area contributed by atoms with Crippen molar-refractivity contribution in [3.8, 4) is 0 Å². The van der Waals surface area contributed by atoms with Crippen molar-refractivity contribution in [1.29, 1.82) is 0 Å². The number of aromatic nitrogens is 2. The summed E-state index contributed by atoms with van der Waals surface area (Å²) in [5.74, 6) is 1.47. The standard InChI is InChI=1S/C9H15N5OS2/c15-5-2-10-7-6-8(12-9(16)11-7)13-17-14-3-1-4-14/h6,15H,1-5H2,(H3,10,11,12,13,16). The lowest BCUT2D eigenvalue weighted by molar-refractivity contribution is 0.311. The zero-order valence-electron chi connectivity index (χ0n) is 9.27. The Balaban J connectivity index is 1.94. The van der Waals surface area contributed by atoms with Gasteiger partial charge in [-0.05, 0) is 18.6 Å². The highest BCUT2D eigenvalue weighted by molar-refractivity contribution is 7.98. The van der Waals surface area contributed by atoms with Gasteiger partial charge in [-0.2, -0.15) is 0 Å². The zero-order chi connectivity index (χ0) is 12.1. The van der Waals surface area contributed by atoms with Crippen LogP contribution in [0, 0.1) is 4.77 Å². The molecule has 0 aromatic carbocycles. The number of nitrogens with zero attached hydrogens (tertiary/aromatic N) is 2. The second kappa shape index (κ2) is 6.20. The Morgan fingerprint density at radius 2 is 2.41 bits per heavy atom. The van der Waals surface area contributed by atoms with E-state index < -0.39 is 0 Å². The molecule has 0 amide bonds. The molecule has 0 aliphatic carbocycles. The van der Waals surface area contributed by atoms with Gasteiger partial charge in [-0.1, -0.05) is 0 Å². The summed E-state index contributed by atoms with van der Waals surface area (Å²) in [5.41, 5.74) is 0. The molecule has 0 bridgehead atoms. The van der Waals surface area contributed by atoms with E-state index in [1.54, 1.807) is 12.1 Å². The van der Waals surface area contributed by atoms with Crippen LogP contribution >= 0.6 is 24.4 Å². The lowest BCUT2D eigenvalue weighted by Crippen LogP contribution is -2.31. The summed E-state index contributed by atoms with van der Waals surface area (Å²) in [4.78, 5) is 7.08. The van der Waals surface area contributed by atoms with Gasteiger partial charge in [0.25, 0.3) is 0 Å². The van der Waals surface area contributed by atoms with Gasteiger partial charge in [0.15, 0.2) is 4.77 Å². The fourth-order valence-corrected chi connectivity index (χ4v) is 2.27. The highest BCUT2D eigenvalue weighted by atomic mass is 32.2. The topological polar surface area (TPSA) is 76.2 Å². The molecule has 2 heterocycles. The minimum absolute atomic E-state index is 0.0678. The third-order valence-corrected chi connectivity index (χ3v) is 3.39. The van der Waals surface area contributed by atoms with E-state index in [1.807, 2.05) is 6.07 Å². The Morgan fingerprint density at radius 1 is 1.59 bits per heavy atom. The highest BCUT2D eigenvalue weighted by Gasteiger charge is 2.14. The molecule has 0 radical (unpaired) electrons. The Morgan fingerprint density at radius 3 is 3.06 bits per heavy atom. The molecule has 4 N–H and O–H groups in total. The number of hydrogen-bond donors (Lipinski definition) is 4. The van der Waals surface area contributed by atoms with Gasteiger partial charge < -0.3 is 20.1 Å². The molecule has 1 aromatic rings. The molecule has 0 unspecified atom stereocenters. The van der Waals surface area contributed by atoms with E-state index >= 15 is 0 Å². The van der Waals surface area contributed by atoms with Crippen molar-refractivity contribution < 1.29 is 5.11 Å². The Kier molecular flexibility index (Phi) is 4.60. The summed E-state index contributed by atoms with van der Waals surface area (Å²) >= 11 is 6.59. The molecule has 17 heavy (non-hydrogen) atoms. The van der Waals surface area contributed by atoms with Crippen molar-refractivity contribution in [1.82, 2.24) is 14.3 Å². The summed E-state index contributed by atoms with van der Waals surface area (Å²) < 4.78 is 5.82. The number of aliphatic hydroxyl groups is 1. The van der Waals surface area contributed by atoms with E-state index in [0.717, 1.165) is 18.9 Å². The van der Waals surface area contributed by atoms with Crippen molar-refractivity contribution in [2.45, 2.75) is 6.42 Å². The molecule has 0 atom stereocenters. The van der Waals surface area contributed by atoms with E-state index in [9.17, 15) is 0 Å². The maximum absolute atomic E-state index is 8.73. The number of nitrogens with one attached hydrogen (secondary N) is 3. The van der Waals surface area contributed by atoms with Crippen LogP contribution in [0.3, 0.4) is 0 Å². The van der Waals surface area contributed by atoms with Crippen LogP contribution in [-0.2, 0) is 0 Å². The predicted molar refractivity (Wildman–Crippen MR) is 72.4 cm³/mol. The predicted octanol–water partition coefficient (Wildman–Crippen LogP) is 1.22. The van der Waals surface area contributed by atoms with Gasteiger partial charge in [0, 0.05) is 37.8 Å². The monoisotopic (exact) mass is 273 g/mol. The van der Waals surface area contributed by atoms with Gasteiger partial charge in [-0.3, -0.25) is 0 Å². The average Bonchev–Trinajstić information content (AvgIpc) is 2.23. The third-order valence-electron chi connectivity index (χ3n) is 2.26. The summed E-state index contributed by atoms with van der Waals surface area (Å²) in [5, 5.41) is 11.7. The van der Waals surface area contributed by atoms with Crippen LogP contribution in [0.5, 0.6) is 0 Å². The van der Waals surface area contributed by atoms with Crippen LogP contribution in [-0.4, -0.2) is 45.6 Å². The summed E-state index contributed by atoms with van der Waals surface area (Å²) in [6.45, 7) is 2.75. The molecular weight excluding hydrogens is 258 g/mol. The SMILES string of the molecule is OCCNc1cc(NSN2CCC2)[nH]c(=S)n1. The number of anilines is 2. The Hall–Kier alpha value is -0.830. The van der Waals surface area contributed by atoms with E-state index in [2.05, 4.69) is 24.3 Å². The first-order valence-electron chi connectivity index (χ1n) is 5.42.